The number of carbonyl (C=O) groups is 2. The molecule has 1 saturated heterocycles. The molecule has 1 aromatic heterocycles. The minimum Gasteiger partial charge on any atom is -0.464 e. The van der Waals surface area contributed by atoms with Crippen LogP contribution in [0.15, 0.2) is 0 Å². The number of nitrogen functional groups attached to an aromatic ring is 1. The number of piperidine rings is 1. The largest absolute Gasteiger partial charge is 0.464 e. The maximum Gasteiger partial charge on any atom is 0.410 e. The second-order valence-corrected chi connectivity index (χ2v) is 7.68. The SMILES string of the molecule is COC(=O)c1nn(CC(F)(F)F)c(N)c1C1CCCN(C(=O)OC(C)(C)C)C1. The molecule has 8 nitrogen and oxygen atoms in total. The van der Waals surface area contributed by atoms with Gasteiger partial charge in [-0.05, 0) is 33.6 Å². The molecule has 2 heterocycles. The number of rotatable bonds is 3. The van der Waals surface area contributed by atoms with Crippen molar-refractivity contribution in [3.63, 3.8) is 0 Å². The topological polar surface area (TPSA) is 99.7 Å². The summed E-state index contributed by atoms with van der Waals surface area (Å²) >= 11 is 0. The second kappa shape index (κ2) is 7.88. The number of alkyl halides is 3. The van der Waals surface area contributed by atoms with Crippen molar-refractivity contribution in [3.05, 3.63) is 11.3 Å². The van der Waals surface area contributed by atoms with Crippen molar-refractivity contribution >= 4 is 17.9 Å². The Balaban J connectivity index is 2.34. The molecule has 0 saturated carbocycles. The van der Waals surface area contributed by atoms with Crippen molar-refractivity contribution < 1.29 is 32.2 Å². The molecular formula is C17H25F3N4O4. The summed E-state index contributed by atoms with van der Waals surface area (Å²) in [5.74, 6) is -1.59. The van der Waals surface area contributed by atoms with E-state index in [0.29, 0.717) is 24.1 Å². The zero-order valence-corrected chi connectivity index (χ0v) is 16.3. The Hall–Kier alpha value is -2.46. The van der Waals surface area contributed by atoms with Crippen LogP contribution in [0.5, 0.6) is 0 Å². The van der Waals surface area contributed by atoms with Gasteiger partial charge in [-0.3, -0.25) is 0 Å². The lowest BCUT2D eigenvalue weighted by Crippen LogP contribution is -2.42. The van der Waals surface area contributed by atoms with E-state index in [1.165, 1.54) is 4.90 Å². The van der Waals surface area contributed by atoms with E-state index in [9.17, 15) is 22.8 Å². The van der Waals surface area contributed by atoms with Crippen molar-refractivity contribution in [1.29, 1.82) is 0 Å². The quantitative estimate of drug-likeness (QED) is 0.775. The number of ether oxygens (including phenoxy) is 2. The van der Waals surface area contributed by atoms with E-state index in [1.807, 2.05) is 0 Å². The highest BCUT2D eigenvalue weighted by Gasteiger charge is 2.36. The Kier molecular flexibility index (Phi) is 6.15. The molecule has 0 radical (unpaired) electrons. The van der Waals surface area contributed by atoms with Gasteiger partial charge in [-0.25, -0.2) is 14.3 Å². The van der Waals surface area contributed by atoms with Gasteiger partial charge in [0.05, 0.1) is 7.11 Å². The number of halogens is 3. The molecule has 1 aliphatic rings. The van der Waals surface area contributed by atoms with Gasteiger partial charge in [0.15, 0.2) is 5.69 Å². The minimum absolute atomic E-state index is 0.154. The normalized spacial score (nSPS) is 18.1. The number of hydrogen-bond acceptors (Lipinski definition) is 6. The average molecular weight is 406 g/mol. The van der Waals surface area contributed by atoms with Gasteiger partial charge in [0.1, 0.15) is 18.0 Å². The lowest BCUT2D eigenvalue weighted by molar-refractivity contribution is -0.142. The zero-order valence-electron chi connectivity index (χ0n) is 16.3. The highest BCUT2D eigenvalue weighted by Crippen LogP contribution is 2.35. The standard InChI is InChI=1S/C17H25F3N4O4/c1-16(2,3)28-15(26)23-7-5-6-10(8-23)11-12(14(25)27-4)22-24(13(11)21)9-17(18,19)20/h10H,5-9,21H2,1-4H3. The summed E-state index contributed by atoms with van der Waals surface area (Å²) in [6.45, 7) is 4.38. The van der Waals surface area contributed by atoms with E-state index in [0.717, 1.165) is 7.11 Å². The smallest absolute Gasteiger partial charge is 0.410 e. The van der Waals surface area contributed by atoms with E-state index in [4.69, 9.17) is 10.5 Å². The van der Waals surface area contributed by atoms with Gasteiger partial charge in [0, 0.05) is 24.6 Å². The van der Waals surface area contributed by atoms with Gasteiger partial charge in [-0.15, -0.1) is 0 Å². The van der Waals surface area contributed by atoms with Crippen LogP contribution in [-0.4, -0.2) is 58.7 Å². The number of aromatic nitrogens is 2. The molecule has 2 N–H and O–H groups in total. The third-order valence-corrected chi connectivity index (χ3v) is 4.22. The van der Waals surface area contributed by atoms with Gasteiger partial charge in [-0.1, -0.05) is 0 Å². The van der Waals surface area contributed by atoms with Gasteiger partial charge < -0.3 is 20.1 Å². The van der Waals surface area contributed by atoms with Crippen molar-refractivity contribution in [3.8, 4) is 0 Å². The number of nitrogens with zero attached hydrogens (tertiary/aromatic N) is 3. The summed E-state index contributed by atoms with van der Waals surface area (Å²) in [6, 6.07) is 0. The van der Waals surface area contributed by atoms with Crippen molar-refractivity contribution in [1.82, 2.24) is 14.7 Å². The monoisotopic (exact) mass is 406 g/mol. The third-order valence-electron chi connectivity index (χ3n) is 4.22. The maximum atomic E-state index is 12.8. The lowest BCUT2D eigenvalue weighted by atomic mass is 9.90. The minimum atomic E-state index is -4.56. The van der Waals surface area contributed by atoms with Crippen molar-refractivity contribution in [2.75, 3.05) is 25.9 Å². The molecule has 0 bridgehead atoms. The number of amides is 1. The van der Waals surface area contributed by atoms with Crippen LogP contribution < -0.4 is 5.73 Å². The molecule has 158 valence electrons. The van der Waals surface area contributed by atoms with Crippen LogP contribution in [-0.2, 0) is 16.0 Å². The highest BCUT2D eigenvalue weighted by atomic mass is 19.4. The van der Waals surface area contributed by atoms with Crippen LogP contribution >= 0.6 is 0 Å². The summed E-state index contributed by atoms with van der Waals surface area (Å²) in [7, 11) is 1.11. The van der Waals surface area contributed by atoms with E-state index in [2.05, 4.69) is 9.84 Å². The fourth-order valence-electron chi connectivity index (χ4n) is 3.13. The molecule has 0 aromatic carbocycles. The van der Waals surface area contributed by atoms with Crippen LogP contribution in [0, 0.1) is 0 Å². The Morgan fingerprint density at radius 2 is 1.93 bits per heavy atom. The number of esters is 1. The molecule has 11 heteroatoms. The summed E-state index contributed by atoms with van der Waals surface area (Å²) in [4.78, 5) is 25.9. The van der Waals surface area contributed by atoms with E-state index >= 15 is 0 Å². The molecule has 1 unspecified atom stereocenters. The van der Waals surface area contributed by atoms with E-state index in [-0.39, 0.29) is 23.6 Å². The van der Waals surface area contributed by atoms with Crippen molar-refractivity contribution in [2.45, 2.75) is 57.9 Å². The summed E-state index contributed by atoms with van der Waals surface area (Å²) in [5, 5.41) is 3.73. The third kappa shape index (κ3) is 5.29. The molecule has 2 rings (SSSR count). The Labute approximate surface area is 160 Å². The Morgan fingerprint density at radius 3 is 2.46 bits per heavy atom. The van der Waals surface area contributed by atoms with Crippen LogP contribution in [0.2, 0.25) is 0 Å². The number of anilines is 1. The van der Waals surface area contributed by atoms with Crippen LogP contribution in [0.4, 0.5) is 23.8 Å². The zero-order chi connectivity index (χ0) is 21.3. The Bertz CT molecular complexity index is 740. The second-order valence-electron chi connectivity index (χ2n) is 7.68. The van der Waals surface area contributed by atoms with Gasteiger partial charge in [0.2, 0.25) is 0 Å². The molecular weight excluding hydrogens is 381 g/mol. The predicted octanol–water partition coefficient (Wildman–Crippen LogP) is 2.93. The fourth-order valence-corrected chi connectivity index (χ4v) is 3.13. The first-order valence-corrected chi connectivity index (χ1v) is 8.81. The number of likely N-dealkylation sites (tertiary alicyclic amines) is 1. The molecule has 0 aliphatic carbocycles. The molecule has 1 aromatic rings. The highest BCUT2D eigenvalue weighted by molar-refractivity contribution is 5.90. The number of hydrogen-bond donors (Lipinski definition) is 1. The molecule has 1 atom stereocenters. The van der Waals surface area contributed by atoms with Crippen molar-refractivity contribution in [2.24, 2.45) is 0 Å². The molecule has 0 spiro atoms. The van der Waals surface area contributed by atoms with Gasteiger partial charge in [-0.2, -0.15) is 18.3 Å². The summed E-state index contributed by atoms with van der Waals surface area (Å²) < 4.78 is 49.0. The first-order chi connectivity index (χ1) is 12.8. The predicted molar refractivity (Wildman–Crippen MR) is 93.8 cm³/mol. The molecule has 1 fully saturated rings. The van der Waals surface area contributed by atoms with Crippen LogP contribution in [0.3, 0.4) is 0 Å². The van der Waals surface area contributed by atoms with Gasteiger partial charge in [0.25, 0.3) is 0 Å². The fraction of sp³-hybridized carbons (Fsp3) is 0.706. The van der Waals surface area contributed by atoms with Crippen LogP contribution in [0.25, 0.3) is 0 Å². The molecule has 1 amide bonds. The number of methoxy groups -OCH3 is 1. The number of nitrogens with two attached hydrogens (primary N) is 1. The molecule has 28 heavy (non-hydrogen) atoms. The Morgan fingerprint density at radius 1 is 1.29 bits per heavy atom. The first kappa shape index (κ1) is 21.8. The first-order valence-electron chi connectivity index (χ1n) is 8.81. The van der Waals surface area contributed by atoms with E-state index in [1.54, 1.807) is 20.8 Å². The average Bonchev–Trinajstić information content (AvgIpc) is 2.87. The van der Waals surface area contributed by atoms with Gasteiger partial charge >= 0.3 is 18.2 Å². The van der Waals surface area contributed by atoms with E-state index < -0.39 is 36.3 Å². The number of carbonyl (C=O) groups excluding carboxylic acids is 2. The summed E-state index contributed by atoms with van der Waals surface area (Å²) in [5.41, 5.74) is 5.14. The summed E-state index contributed by atoms with van der Waals surface area (Å²) in [6.07, 6.45) is -3.97. The molecule has 1 aliphatic heterocycles. The van der Waals surface area contributed by atoms with Crippen LogP contribution in [0.1, 0.15) is 55.6 Å². The maximum absolute atomic E-state index is 12.8. The lowest BCUT2D eigenvalue weighted by Gasteiger charge is -2.34.